The van der Waals surface area contributed by atoms with Crippen LogP contribution in [0.4, 0.5) is 0 Å². The molecule has 0 aromatic carbocycles. The van der Waals surface area contributed by atoms with E-state index in [0.717, 1.165) is 32.1 Å². The molecule has 107 heavy (non-hydrogen) atoms. The minimum atomic E-state index is -2.36. The van der Waals surface area contributed by atoms with Gasteiger partial charge in [-0.05, 0) is 87.4 Å². The molecule has 0 radical (unpaired) electrons. The summed E-state index contributed by atoms with van der Waals surface area (Å²) in [6.07, 6.45) is -60.8. The normalized spacial score (nSPS) is 54.6. The van der Waals surface area contributed by atoms with E-state index in [1.54, 1.807) is 0 Å². The summed E-state index contributed by atoms with van der Waals surface area (Å²) in [4.78, 5) is 13.1. The zero-order valence-corrected chi connectivity index (χ0v) is 60.9. The molecular formula is C70H114O37. The third-order valence-electron chi connectivity index (χ3n) is 26.8. The van der Waals surface area contributed by atoms with Gasteiger partial charge in [0.1, 0.15) is 165 Å². The van der Waals surface area contributed by atoms with E-state index in [4.69, 9.17) is 71.1 Å². The molecule has 37 nitrogen and oxygen atoms in total. The summed E-state index contributed by atoms with van der Waals surface area (Å²) in [6.45, 7) is 8.47. The lowest BCUT2D eigenvalue weighted by Crippen LogP contribution is -2.69. The van der Waals surface area contributed by atoms with Gasteiger partial charge in [0.15, 0.2) is 49.8 Å². The molecule has 2 saturated carbocycles. The number of ketones is 1. The summed E-state index contributed by atoms with van der Waals surface area (Å²) < 4.78 is 91.1. The van der Waals surface area contributed by atoms with Crippen molar-refractivity contribution in [2.24, 2.45) is 33.5 Å². The topological polar surface area (TPSA) is 580 Å². The van der Waals surface area contributed by atoms with Crippen molar-refractivity contribution in [1.82, 2.24) is 0 Å². The Morgan fingerprint density at radius 1 is 0.449 bits per heavy atom. The van der Waals surface area contributed by atoms with Gasteiger partial charge >= 0.3 is 0 Å². The van der Waals surface area contributed by atoms with Gasteiger partial charge in [-0.25, -0.2) is 0 Å². The zero-order valence-electron chi connectivity index (χ0n) is 60.9. The van der Waals surface area contributed by atoms with E-state index >= 15 is 0 Å². The lowest BCUT2D eigenvalue weighted by Gasteiger charge is -2.63. The molecule has 0 amide bonds. The molecule has 4 aliphatic carbocycles. The third-order valence-corrected chi connectivity index (χ3v) is 26.8. The van der Waals surface area contributed by atoms with Crippen molar-refractivity contribution in [3.8, 4) is 0 Å². The summed E-state index contributed by atoms with van der Waals surface area (Å²) in [5, 5.41) is 234. The molecule has 8 aliphatic heterocycles. The number of fused-ring (bicyclic) bond motifs is 5. The molecule has 8 saturated heterocycles. The minimum Gasteiger partial charge on any atom is -0.396 e. The number of carbonyl (C=O) groups excluding carboxylic acids is 1. The monoisotopic (exact) mass is 1550 g/mol. The number of ether oxygens (including phenoxy) is 15. The molecule has 0 aromatic rings. The first-order valence-corrected chi connectivity index (χ1v) is 37.5. The Balaban J connectivity index is 0.764. The highest BCUT2D eigenvalue weighted by molar-refractivity contribution is 5.83. The van der Waals surface area contributed by atoms with Crippen molar-refractivity contribution in [2.45, 2.75) is 339 Å². The summed E-state index contributed by atoms with van der Waals surface area (Å²) in [5.74, 6) is 0.182. The third kappa shape index (κ3) is 14.6. The van der Waals surface area contributed by atoms with E-state index in [0.29, 0.717) is 32.1 Å². The summed E-state index contributed by atoms with van der Waals surface area (Å²) in [7, 11) is 0. The van der Waals surface area contributed by atoms with Gasteiger partial charge in [0, 0.05) is 17.3 Å². The number of Topliss-reactive ketones (excluding diaryl/α,β-unsaturated/α-hetero) is 1. The first-order valence-electron chi connectivity index (χ1n) is 37.5. The van der Waals surface area contributed by atoms with Crippen molar-refractivity contribution in [2.75, 3.05) is 46.2 Å². The number of allylic oxidation sites excluding steroid dienone is 2. The molecule has 12 aliphatic rings. The summed E-state index contributed by atoms with van der Waals surface area (Å²) in [5.41, 5.74) is 0.571. The second kappa shape index (κ2) is 32.9. The van der Waals surface area contributed by atoms with E-state index in [9.17, 15) is 112 Å². The van der Waals surface area contributed by atoms with Gasteiger partial charge < -0.3 is 178 Å². The maximum Gasteiger partial charge on any atom is 0.187 e. The highest BCUT2D eigenvalue weighted by atomic mass is 16.8. The molecule has 10 fully saturated rings. The highest BCUT2D eigenvalue weighted by Crippen LogP contribution is 2.75. The van der Waals surface area contributed by atoms with Crippen LogP contribution >= 0.6 is 0 Å². The van der Waals surface area contributed by atoms with Gasteiger partial charge in [0.25, 0.3) is 0 Å². The van der Waals surface area contributed by atoms with Crippen LogP contribution in [0.1, 0.15) is 113 Å². The van der Waals surface area contributed by atoms with Crippen LogP contribution in [0.2, 0.25) is 0 Å². The Hall–Kier alpha value is -2.03. The summed E-state index contributed by atoms with van der Waals surface area (Å²) >= 11 is 0. The Bertz CT molecular complexity index is 3020. The van der Waals surface area contributed by atoms with E-state index in [-0.39, 0.29) is 40.5 Å². The van der Waals surface area contributed by atoms with Crippen LogP contribution in [0, 0.1) is 33.5 Å². The molecule has 21 N–H and O–H groups in total. The van der Waals surface area contributed by atoms with Gasteiger partial charge in [0.2, 0.25) is 0 Å². The lowest BCUT2D eigenvalue weighted by atomic mass is 9.42. The molecule has 37 heteroatoms. The lowest BCUT2D eigenvalue weighted by molar-refractivity contribution is -0.412. The van der Waals surface area contributed by atoms with Gasteiger partial charge in [0.05, 0.1) is 64.1 Å². The average Bonchev–Trinajstić information content (AvgIpc) is 1.54. The van der Waals surface area contributed by atoms with Crippen LogP contribution in [0.25, 0.3) is 0 Å². The second-order valence-electron chi connectivity index (χ2n) is 32.5. The number of carbonyl (C=O) groups is 1. The smallest absolute Gasteiger partial charge is 0.187 e. The van der Waals surface area contributed by atoms with Crippen LogP contribution in [0.5, 0.6) is 0 Å². The van der Waals surface area contributed by atoms with E-state index in [1.165, 1.54) is 18.1 Å². The van der Waals surface area contributed by atoms with Crippen molar-refractivity contribution < 1.29 is 183 Å². The van der Waals surface area contributed by atoms with Crippen LogP contribution in [0.15, 0.2) is 11.1 Å². The molecule has 616 valence electrons. The van der Waals surface area contributed by atoms with Gasteiger partial charge in [-0.3, -0.25) is 4.79 Å². The Labute approximate surface area is 617 Å². The Morgan fingerprint density at radius 3 is 1.49 bits per heavy atom. The van der Waals surface area contributed by atoms with Crippen LogP contribution in [-0.2, 0) is 75.8 Å². The van der Waals surface area contributed by atoms with Crippen LogP contribution < -0.4 is 0 Å². The van der Waals surface area contributed by atoms with E-state index in [2.05, 4.69) is 27.7 Å². The highest BCUT2D eigenvalue weighted by Gasteiger charge is 2.73. The molecule has 12 rings (SSSR count). The molecule has 8 heterocycles. The first kappa shape index (κ1) is 84.4. The number of hydrogen-bond donors (Lipinski definition) is 21. The van der Waals surface area contributed by atoms with E-state index < -0.39 is 272 Å². The number of hydrogen-bond acceptors (Lipinski definition) is 37. The quantitative estimate of drug-likeness (QED) is 0.0448. The van der Waals surface area contributed by atoms with Gasteiger partial charge in [-0.1, -0.05) is 52.7 Å². The second-order valence-corrected chi connectivity index (χ2v) is 32.5. The molecular weight excluding hydrogens is 1430 g/mol. The molecule has 43 atom stereocenters. The average molecular weight is 1550 g/mol. The fourth-order valence-corrected chi connectivity index (χ4v) is 20.1. The number of aliphatic hydroxyl groups is 21. The molecule has 0 bridgehead atoms. The molecule has 0 aromatic heterocycles. The standard InChI is InChI=1S/C70H114O37/c1-8-29(76)31-17-25(2)70(107-31)16-15-68(6)28-9-10-37-66(4,27(28)11-14-69(68,70)7)13-12-38(67(37,5)24-75)101-60-50(89)48(87)42(81)36(100-60)23-94-64-57(40(79)30(77)22-93-64)105-65-58(106-59-49(88)46(85)39(78)26(3)95-59)56(45(84)35(21-74)99-65)104-63-53(92)55(44(83)34(20-73)98-63)103-62-52(91)54(43(82)33(19-72)97-62)102-61-51(90)47(86)41(80)32(18-71)96-61/h25-26,30-65,71-75,77-92H,8-24H2,1-7H3/t25-,26+,30-,31+,32-,33-,34-,35-,36-,37-,38+,39+,40+,41-,42-,43+,44-,45-,46-,47+,48+,49-,50-,51-,52-,53-,54+,55+,56+,57+,58-,59+,60+,61+,62+,63+,64-,65+,66-,67-,68+,69+,70+/m1/s1. The maximum atomic E-state index is 13.1. The first-order chi connectivity index (χ1) is 50.6. The van der Waals surface area contributed by atoms with Crippen molar-refractivity contribution in [3.05, 3.63) is 11.1 Å². The molecule has 0 unspecified atom stereocenters. The Morgan fingerprint density at radius 2 is 0.925 bits per heavy atom. The zero-order chi connectivity index (χ0) is 77.8. The Kier molecular flexibility index (Phi) is 26.0. The predicted octanol–water partition coefficient (Wildman–Crippen LogP) is -7.97. The minimum absolute atomic E-state index is 0.128. The fourth-order valence-electron chi connectivity index (χ4n) is 20.1. The number of aliphatic hydroxyl groups excluding tert-OH is 21. The number of rotatable bonds is 22. The van der Waals surface area contributed by atoms with Gasteiger partial charge in [-0.15, -0.1) is 0 Å². The van der Waals surface area contributed by atoms with Crippen LogP contribution in [0.3, 0.4) is 0 Å². The van der Waals surface area contributed by atoms with Crippen molar-refractivity contribution >= 4 is 5.78 Å². The fraction of sp³-hybridized carbons (Fsp3) is 0.957. The maximum absolute atomic E-state index is 13.1. The predicted molar refractivity (Wildman–Crippen MR) is 351 cm³/mol. The van der Waals surface area contributed by atoms with Crippen LogP contribution in [-0.4, -0.2) is 386 Å². The van der Waals surface area contributed by atoms with Crippen molar-refractivity contribution in [3.63, 3.8) is 0 Å². The SMILES string of the molecule is CCC(=O)[C@@H]1C[C@@H](C)[C@]2(CC[C@@]3(C)C4=C(CC[C@@]32C)[C@@]2(C)CC[C@H](O[C@@H]3O[C@H](CO[C@H]5OC[C@@H](O)[C@H](O)[C@@H]5O[C@@H]5O[C@H](CO)[C@@H](O)[C@H](O[C@@H]6O[C@H](CO)[C@@H](O)[C@H](O[C@@H]7O[C@H](CO)[C@H](O)[C@H](O[C@@H]8O[C@H](CO)[C@@H](O)[C@H](O)[C@H]8O)[C@H]7O)[C@H]6O)[C@H]5O[C@@H]5O[C@@H](C)[C@H](O)[C@@H](O)[C@H]5O)[C@@H](O)[C@H](O)[C@H]3O)[C@](C)(CO)[C@@H]2CC4)O1. The van der Waals surface area contributed by atoms with Crippen molar-refractivity contribution in [1.29, 1.82) is 0 Å². The van der Waals surface area contributed by atoms with Gasteiger partial charge in [-0.2, -0.15) is 0 Å². The molecule has 1 spiro atoms. The summed E-state index contributed by atoms with van der Waals surface area (Å²) in [6, 6.07) is 0. The largest absolute Gasteiger partial charge is 0.396 e. The van der Waals surface area contributed by atoms with E-state index in [1.807, 2.05) is 13.8 Å².